The fourth-order valence-electron chi connectivity index (χ4n) is 2.04. The average Bonchev–Trinajstić information content (AvgIpc) is 2.45. The van der Waals surface area contributed by atoms with E-state index in [0.717, 1.165) is 21.8 Å². The quantitative estimate of drug-likeness (QED) is 0.557. The molecule has 2 nitrogen and oxygen atoms in total. The Morgan fingerprint density at radius 1 is 0.952 bits per heavy atom. The van der Waals surface area contributed by atoms with E-state index in [0.29, 0.717) is 0 Å². The first-order chi connectivity index (χ1) is 10.0. The van der Waals surface area contributed by atoms with Crippen molar-refractivity contribution in [3.8, 4) is 16.9 Å². The zero-order valence-electron chi connectivity index (χ0n) is 13.1. The van der Waals surface area contributed by atoms with Crippen LogP contribution in [0.2, 0.25) is 0 Å². The van der Waals surface area contributed by atoms with E-state index in [1.54, 1.807) is 18.9 Å². The number of hydrogen-bond donors (Lipinski definition) is 0. The molecule has 0 bridgehead atoms. The molecule has 0 aliphatic rings. The number of ether oxygens (including phenoxy) is 2. The Morgan fingerprint density at radius 3 is 2.29 bits per heavy atom. The Kier molecular flexibility index (Phi) is 5.32. The monoisotopic (exact) mass is 302 g/mol. The highest BCUT2D eigenvalue weighted by atomic mass is 32.2. The van der Waals surface area contributed by atoms with Gasteiger partial charge in [-0.2, -0.15) is 0 Å². The van der Waals surface area contributed by atoms with Crippen molar-refractivity contribution in [2.45, 2.75) is 30.4 Å². The molecule has 3 heteroatoms. The van der Waals surface area contributed by atoms with Crippen LogP contribution in [-0.4, -0.2) is 18.6 Å². The number of para-hydroxylation sites is 1. The van der Waals surface area contributed by atoms with Crippen LogP contribution >= 0.6 is 11.8 Å². The normalized spacial score (nSPS) is 11.4. The number of rotatable bonds is 5. The Morgan fingerprint density at radius 2 is 1.67 bits per heavy atom. The van der Waals surface area contributed by atoms with Crippen molar-refractivity contribution >= 4 is 11.8 Å². The molecule has 0 amide bonds. The van der Waals surface area contributed by atoms with E-state index < -0.39 is 0 Å². The molecule has 0 aliphatic heterocycles. The molecule has 0 saturated heterocycles. The first-order valence-electron chi connectivity index (χ1n) is 7.00. The second-order valence-corrected chi connectivity index (χ2v) is 7.63. The van der Waals surface area contributed by atoms with Crippen LogP contribution in [0.5, 0.6) is 5.75 Å². The summed E-state index contributed by atoms with van der Waals surface area (Å²) < 4.78 is 11.1. The summed E-state index contributed by atoms with van der Waals surface area (Å²) in [6.07, 6.45) is 0. The molecule has 2 rings (SSSR count). The summed E-state index contributed by atoms with van der Waals surface area (Å²) in [7, 11) is 1.64. The number of methoxy groups -OCH3 is 1. The standard InChI is InChI=1S/C18H22O2S/c1-18(2,3)21-16-12-8-11-15(17(16)20-13-19-4)14-9-6-5-7-10-14/h5-12H,13H2,1-4H3. The maximum atomic E-state index is 5.87. The maximum Gasteiger partial charge on any atom is 0.188 e. The van der Waals surface area contributed by atoms with Crippen LogP contribution in [0, 0.1) is 0 Å². The van der Waals surface area contributed by atoms with E-state index in [9.17, 15) is 0 Å². The summed E-state index contributed by atoms with van der Waals surface area (Å²) in [6.45, 7) is 6.86. The van der Waals surface area contributed by atoms with Gasteiger partial charge in [-0.05, 0) is 11.6 Å². The number of thioether (sulfide) groups is 1. The lowest BCUT2D eigenvalue weighted by Gasteiger charge is -2.21. The Balaban J connectivity index is 2.46. The van der Waals surface area contributed by atoms with Gasteiger partial charge in [0.2, 0.25) is 0 Å². The highest BCUT2D eigenvalue weighted by Gasteiger charge is 2.18. The fourth-order valence-corrected chi connectivity index (χ4v) is 3.11. The first kappa shape index (κ1) is 15.9. The third kappa shape index (κ3) is 4.51. The lowest BCUT2D eigenvalue weighted by Crippen LogP contribution is -2.08. The molecule has 2 aromatic rings. The van der Waals surface area contributed by atoms with Crippen molar-refractivity contribution in [2.24, 2.45) is 0 Å². The maximum absolute atomic E-state index is 5.87. The van der Waals surface area contributed by atoms with Crippen molar-refractivity contribution in [1.82, 2.24) is 0 Å². The third-order valence-electron chi connectivity index (χ3n) is 2.80. The van der Waals surface area contributed by atoms with Gasteiger partial charge in [-0.15, -0.1) is 11.8 Å². The van der Waals surface area contributed by atoms with Gasteiger partial charge in [0, 0.05) is 17.4 Å². The summed E-state index contributed by atoms with van der Waals surface area (Å²) in [4.78, 5) is 1.14. The van der Waals surface area contributed by atoms with Gasteiger partial charge in [-0.3, -0.25) is 0 Å². The molecule has 0 fully saturated rings. The fraction of sp³-hybridized carbons (Fsp3) is 0.333. The summed E-state index contributed by atoms with van der Waals surface area (Å²) in [6, 6.07) is 16.6. The second kappa shape index (κ2) is 7.01. The molecule has 0 atom stereocenters. The van der Waals surface area contributed by atoms with E-state index >= 15 is 0 Å². The Bertz CT molecular complexity index is 574. The SMILES string of the molecule is COCOc1c(SC(C)(C)C)cccc1-c1ccccc1. The van der Waals surface area contributed by atoms with Crippen LogP contribution < -0.4 is 4.74 Å². The van der Waals surface area contributed by atoms with E-state index in [-0.39, 0.29) is 11.5 Å². The van der Waals surface area contributed by atoms with Crippen LogP contribution in [0.15, 0.2) is 53.4 Å². The molecule has 0 unspecified atom stereocenters. The minimum absolute atomic E-state index is 0.125. The van der Waals surface area contributed by atoms with Gasteiger partial charge in [0.1, 0.15) is 5.75 Å². The van der Waals surface area contributed by atoms with Crippen LogP contribution in [0.25, 0.3) is 11.1 Å². The molecule has 0 heterocycles. The lowest BCUT2D eigenvalue weighted by molar-refractivity contribution is 0.0496. The predicted octanol–water partition coefficient (Wildman–Crippen LogP) is 5.23. The summed E-state index contributed by atoms with van der Waals surface area (Å²) in [5.74, 6) is 0.894. The number of hydrogen-bond acceptors (Lipinski definition) is 3. The summed E-state index contributed by atoms with van der Waals surface area (Å²) in [5, 5.41) is 0. The minimum Gasteiger partial charge on any atom is -0.466 e. The molecule has 112 valence electrons. The molecule has 2 aromatic carbocycles. The molecule has 0 N–H and O–H groups in total. The van der Waals surface area contributed by atoms with Gasteiger partial charge in [-0.25, -0.2) is 0 Å². The van der Waals surface area contributed by atoms with E-state index in [4.69, 9.17) is 9.47 Å². The van der Waals surface area contributed by atoms with Gasteiger partial charge < -0.3 is 9.47 Å². The van der Waals surface area contributed by atoms with Crippen molar-refractivity contribution in [3.05, 3.63) is 48.5 Å². The highest BCUT2D eigenvalue weighted by Crippen LogP contribution is 2.43. The third-order valence-corrected chi connectivity index (χ3v) is 3.95. The van der Waals surface area contributed by atoms with Gasteiger partial charge in [0.15, 0.2) is 6.79 Å². The molecule has 0 spiro atoms. The zero-order chi connectivity index (χ0) is 15.3. The molecule has 0 radical (unpaired) electrons. The molecule has 0 aliphatic carbocycles. The lowest BCUT2D eigenvalue weighted by atomic mass is 10.0. The van der Waals surface area contributed by atoms with E-state index in [1.165, 1.54) is 0 Å². The predicted molar refractivity (Wildman–Crippen MR) is 90.0 cm³/mol. The average molecular weight is 302 g/mol. The van der Waals surface area contributed by atoms with Crippen molar-refractivity contribution < 1.29 is 9.47 Å². The molecular weight excluding hydrogens is 280 g/mol. The largest absolute Gasteiger partial charge is 0.466 e. The zero-order valence-corrected chi connectivity index (χ0v) is 13.9. The molecule has 0 aromatic heterocycles. The Labute approximate surface area is 131 Å². The van der Waals surface area contributed by atoms with Crippen LogP contribution in [0.4, 0.5) is 0 Å². The second-order valence-electron chi connectivity index (χ2n) is 5.76. The Hall–Kier alpha value is -1.45. The summed E-state index contributed by atoms with van der Waals surface area (Å²) in [5.41, 5.74) is 2.25. The summed E-state index contributed by atoms with van der Waals surface area (Å²) >= 11 is 1.81. The van der Waals surface area contributed by atoms with Crippen molar-refractivity contribution in [3.63, 3.8) is 0 Å². The number of benzene rings is 2. The first-order valence-corrected chi connectivity index (χ1v) is 7.82. The minimum atomic E-state index is 0.125. The van der Waals surface area contributed by atoms with Crippen LogP contribution in [-0.2, 0) is 4.74 Å². The smallest absolute Gasteiger partial charge is 0.188 e. The molecular formula is C18H22O2S. The molecule has 21 heavy (non-hydrogen) atoms. The molecule has 0 saturated carbocycles. The van der Waals surface area contributed by atoms with Crippen LogP contribution in [0.1, 0.15) is 20.8 Å². The van der Waals surface area contributed by atoms with E-state index in [2.05, 4.69) is 51.1 Å². The van der Waals surface area contributed by atoms with Gasteiger partial charge in [0.25, 0.3) is 0 Å². The van der Waals surface area contributed by atoms with Gasteiger partial charge in [-0.1, -0.05) is 63.2 Å². The van der Waals surface area contributed by atoms with Crippen LogP contribution in [0.3, 0.4) is 0 Å². The van der Waals surface area contributed by atoms with Crippen molar-refractivity contribution in [1.29, 1.82) is 0 Å². The van der Waals surface area contributed by atoms with Gasteiger partial charge >= 0.3 is 0 Å². The topological polar surface area (TPSA) is 18.5 Å². The van der Waals surface area contributed by atoms with Gasteiger partial charge in [0.05, 0.1) is 4.90 Å². The van der Waals surface area contributed by atoms with Crippen molar-refractivity contribution in [2.75, 3.05) is 13.9 Å². The highest BCUT2D eigenvalue weighted by molar-refractivity contribution is 8.00. The van der Waals surface area contributed by atoms with E-state index in [1.807, 2.05) is 18.2 Å².